The van der Waals surface area contributed by atoms with Gasteiger partial charge in [-0.3, -0.25) is 9.69 Å². The first-order chi connectivity index (χ1) is 16.4. The van der Waals surface area contributed by atoms with Crippen LogP contribution in [0.2, 0.25) is 0 Å². The van der Waals surface area contributed by atoms with E-state index in [1.54, 1.807) is 0 Å². The first kappa shape index (κ1) is 24.8. The summed E-state index contributed by atoms with van der Waals surface area (Å²) >= 11 is 0. The molecule has 4 nitrogen and oxygen atoms in total. The Kier molecular flexibility index (Phi) is 8.31. The molecule has 34 heavy (non-hydrogen) atoms. The van der Waals surface area contributed by atoms with E-state index in [0.717, 1.165) is 75.5 Å². The van der Waals surface area contributed by atoms with Gasteiger partial charge in [-0.25, -0.2) is 0 Å². The predicted molar refractivity (Wildman–Crippen MR) is 140 cm³/mol. The minimum Gasteiger partial charge on any atom is -0.492 e. The molecule has 2 aromatic rings. The largest absolute Gasteiger partial charge is 0.492 e. The summed E-state index contributed by atoms with van der Waals surface area (Å²) in [6, 6.07) is 16.6. The highest BCUT2D eigenvalue weighted by atomic mass is 16.5. The zero-order valence-corrected chi connectivity index (χ0v) is 21.4. The molecule has 2 aliphatic rings. The normalized spacial score (nSPS) is 19.7. The van der Waals surface area contributed by atoms with E-state index in [1.165, 1.54) is 24.8 Å². The van der Waals surface area contributed by atoms with Crippen molar-refractivity contribution < 1.29 is 9.53 Å². The van der Waals surface area contributed by atoms with Gasteiger partial charge in [0.05, 0.1) is 0 Å². The molecule has 0 aromatic heterocycles. The molecule has 1 fully saturated rings. The van der Waals surface area contributed by atoms with Crippen molar-refractivity contribution >= 4 is 5.91 Å². The van der Waals surface area contributed by atoms with E-state index in [9.17, 15) is 4.79 Å². The van der Waals surface area contributed by atoms with Crippen LogP contribution in [-0.4, -0.2) is 55.0 Å². The van der Waals surface area contributed by atoms with Crippen molar-refractivity contribution in [3.8, 4) is 5.75 Å². The number of para-hydroxylation sites is 1. The highest BCUT2D eigenvalue weighted by Crippen LogP contribution is 2.39. The number of aryl methyl sites for hydroxylation is 2. The summed E-state index contributed by atoms with van der Waals surface area (Å²) in [5.74, 6) is 1.88. The van der Waals surface area contributed by atoms with E-state index >= 15 is 0 Å². The van der Waals surface area contributed by atoms with Gasteiger partial charge < -0.3 is 9.64 Å². The molecule has 0 unspecified atom stereocenters. The second-order valence-corrected chi connectivity index (χ2v) is 11.0. The molecule has 0 radical (unpaired) electrons. The molecule has 2 heterocycles. The van der Waals surface area contributed by atoms with Crippen LogP contribution in [0.4, 0.5) is 0 Å². The van der Waals surface area contributed by atoms with Crippen LogP contribution in [-0.2, 0) is 6.42 Å². The van der Waals surface area contributed by atoms with Crippen LogP contribution in [0.1, 0.15) is 67.4 Å². The lowest BCUT2D eigenvalue weighted by molar-refractivity contribution is 0.0355. The first-order valence-corrected chi connectivity index (χ1v) is 13.2. The monoisotopic (exact) mass is 462 g/mol. The molecule has 0 aliphatic carbocycles. The highest BCUT2D eigenvalue weighted by Gasteiger charge is 2.37. The van der Waals surface area contributed by atoms with E-state index in [2.05, 4.69) is 60.9 Å². The smallest absolute Gasteiger partial charge is 0.253 e. The molecule has 1 saturated heterocycles. The van der Waals surface area contributed by atoms with Crippen LogP contribution in [0.15, 0.2) is 48.5 Å². The summed E-state index contributed by atoms with van der Waals surface area (Å²) < 4.78 is 6.26. The van der Waals surface area contributed by atoms with Gasteiger partial charge in [-0.2, -0.15) is 0 Å². The van der Waals surface area contributed by atoms with Gasteiger partial charge in [0.2, 0.25) is 0 Å². The Morgan fingerprint density at radius 1 is 1.00 bits per heavy atom. The molecule has 1 amide bonds. The maximum absolute atomic E-state index is 13.2. The molecular weight excluding hydrogens is 420 g/mol. The second kappa shape index (κ2) is 11.4. The summed E-state index contributed by atoms with van der Waals surface area (Å²) in [6.07, 6.45) is 6.94. The van der Waals surface area contributed by atoms with Gasteiger partial charge in [-0.05, 0) is 74.1 Å². The van der Waals surface area contributed by atoms with E-state index < -0.39 is 0 Å². The van der Waals surface area contributed by atoms with E-state index in [4.69, 9.17) is 4.74 Å². The highest BCUT2D eigenvalue weighted by molar-refractivity contribution is 5.94. The molecule has 4 rings (SSSR count). The van der Waals surface area contributed by atoms with Crippen molar-refractivity contribution in [1.82, 2.24) is 9.80 Å². The van der Waals surface area contributed by atoms with E-state index in [-0.39, 0.29) is 11.3 Å². The summed E-state index contributed by atoms with van der Waals surface area (Å²) in [5, 5.41) is 0. The van der Waals surface area contributed by atoms with Crippen LogP contribution in [0.5, 0.6) is 5.75 Å². The van der Waals surface area contributed by atoms with Gasteiger partial charge in [0.15, 0.2) is 0 Å². The third-order valence-corrected chi connectivity index (χ3v) is 7.60. The van der Waals surface area contributed by atoms with Crippen molar-refractivity contribution in [3.05, 3.63) is 65.2 Å². The van der Waals surface area contributed by atoms with E-state index in [0.29, 0.717) is 5.92 Å². The molecule has 2 aliphatic heterocycles. The molecule has 2 aromatic carbocycles. The summed E-state index contributed by atoms with van der Waals surface area (Å²) in [6.45, 7) is 12.3. The molecule has 0 bridgehead atoms. The molecule has 0 N–H and O–H groups in total. The van der Waals surface area contributed by atoms with Gasteiger partial charge in [-0.1, -0.05) is 56.2 Å². The molecular formula is C30H42N2O2. The number of fused-ring (bicyclic) bond motifs is 1. The molecule has 0 saturated carbocycles. The second-order valence-electron chi connectivity index (χ2n) is 11.0. The molecule has 0 atom stereocenters. The molecule has 1 spiro atoms. The van der Waals surface area contributed by atoms with Crippen LogP contribution in [0.3, 0.4) is 0 Å². The lowest BCUT2D eigenvalue weighted by atomic mass is 9.73. The minimum absolute atomic E-state index is 0.191. The number of likely N-dealkylation sites (tertiary alicyclic amines) is 1. The van der Waals surface area contributed by atoms with Gasteiger partial charge in [-0.15, -0.1) is 0 Å². The topological polar surface area (TPSA) is 32.8 Å². The predicted octanol–water partition coefficient (Wildman–Crippen LogP) is 5.98. The zero-order chi connectivity index (χ0) is 24.0. The number of hydrogen-bond acceptors (Lipinski definition) is 3. The number of piperidine rings is 1. The Bertz CT molecular complexity index is 946. The Morgan fingerprint density at radius 2 is 1.79 bits per heavy atom. The van der Waals surface area contributed by atoms with Crippen LogP contribution in [0, 0.1) is 18.3 Å². The fourth-order valence-corrected chi connectivity index (χ4v) is 5.81. The summed E-state index contributed by atoms with van der Waals surface area (Å²) in [5.41, 5.74) is 3.60. The number of amides is 1. The average molecular weight is 463 g/mol. The van der Waals surface area contributed by atoms with Crippen LogP contribution < -0.4 is 4.74 Å². The Labute approximate surface area is 206 Å². The number of carbonyl (C=O) groups is 1. The number of benzene rings is 2. The number of rotatable bonds is 3. The standard InChI is InChI=1S/C30H42N2O2/c1-24(2)22-31-19-20-34-28-13-5-4-10-26(28)11-6-7-14-30(23-31)15-17-32(18-16-30)29(33)27-12-8-9-25(3)21-27/h4-5,8-10,12-13,21,24H,6-7,11,14-20,22-23H2,1-3H3. The third-order valence-electron chi connectivity index (χ3n) is 7.60. The van der Waals surface area contributed by atoms with Crippen molar-refractivity contribution in [2.75, 3.05) is 39.3 Å². The Balaban J connectivity index is 1.46. The van der Waals surface area contributed by atoms with Gasteiger partial charge >= 0.3 is 0 Å². The molecule has 184 valence electrons. The lowest BCUT2D eigenvalue weighted by Gasteiger charge is -2.45. The van der Waals surface area contributed by atoms with Crippen molar-refractivity contribution in [2.24, 2.45) is 11.3 Å². The van der Waals surface area contributed by atoms with Crippen molar-refractivity contribution in [3.63, 3.8) is 0 Å². The maximum Gasteiger partial charge on any atom is 0.253 e. The SMILES string of the molecule is Cc1cccc(C(=O)N2CCC3(CCCCc4ccccc4OCCN(CC(C)C)C3)CC2)c1. The van der Waals surface area contributed by atoms with Gasteiger partial charge in [0, 0.05) is 38.3 Å². The maximum atomic E-state index is 13.2. The number of hydrogen-bond donors (Lipinski definition) is 0. The fourth-order valence-electron chi connectivity index (χ4n) is 5.81. The lowest BCUT2D eigenvalue weighted by Crippen LogP contribution is -2.49. The van der Waals surface area contributed by atoms with E-state index in [1.807, 2.05) is 18.2 Å². The van der Waals surface area contributed by atoms with Crippen molar-refractivity contribution in [2.45, 2.75) is 59.3 Å². The summed E-state index contributed by atoms with van der Waals surface area (Å²) in [4.78, 5) is 17.9. The number of carbonyl (C=O) groups excluding carboxylic acids is 1. The van der Waals surface area contributed by atoms with Crippen molar-refractivity contribution in [1.29, 1.82) is 0 Å². The Hall–Kier alpha value is -2.33. The Morgan fingerprint density at radius 3 is 2.56 bits per heavy atom. The summed E-state index contributed by atoms with van der Waals surface area (Å²) in [7, 11) is 0. The minimum atomic E-state index is 0.191. The number of ether oxygens (including phenoxy) is 1. The first-order valence-electron chi connectivity index (χ1n) is 13.2. The van der Waals surface area contributed by atoms with Gasteiger partial charge in [0.25, 0.3) is 5.91 Å². The number of nitrogens with zero attached hydrogens (tertiary/aromatic N) is 2. The molecule has 4 heteroatoms. The zero-order valence-electron chi connectivity index (χ0n) is 21.4. The fraction of sp³-hybridized carbons (Fsp3) is 0.567. The van der Waals surface area contributed by atoms with Crippen LogP contribution >= 0.6 is 0 Å². The van der Waals surface area contributed by atoms with Gasteiger partial charge in [0.1, 0.15) is 12.4 Å². The quantitative estimate of drug-likeness (QED) is 0.562. The van der Waals surface area contributed by atoms with Crippen LogP contribution in [0.25, 0.3) is 0 Å². The average Bonchev–Trinajstić information content (AvgIpc) is 2.81. The third kappa shape index (κ3) is 6.41.